The Labute approximate surface area is 587 Å². The second kappa shape index (κ2) is 44.2. The lowest BCUT2D eigenvalue weighted by molar-refractivity contribution is -0.140. The minimum absolute atomic E-state index is 0.0398. The van der Waals surface area contributed by atoms with E-state index in [2.05, 4.69) is 46.0 Å². The number of rotatable bonds is 40. The zero-order valence-electron chi connectivity index (χ0n) is 57.3. The van der Waals surface area contributed by atoms with Crippen LogP contribution in [-0.2, 0) is 78.6 Å². The number of H-pyrrole nitrogens is 1. The van der Waals surface area contributed by atoms with Crippen molar-refractivity contribution in [2.45, 2.75) is 76.4 Å². The summed E-state index contributed by atoms with van der Waals surface area (Å²) in [5.41, 5.74) is 8.25. The SMILES string of the molecule is CCN1CCN(CC(=O)O)CCN(CC(=O)O)CCN(CC(=O)N[C@H](Cc2ccc(OP(=O)(O)O)cc2)C(=O)NCCCOCCOCCOCCCNC(=O)CCCOc2cc(C)c(S(=O)[O-])c(C)c2)CC1.Cn1cc(C(=O)NC[C@H](N)C(=O)O)c(=O)c2ccc(CNc3ncc[nH]3)cc21. The fourth-order valence-electron chi connectivity index (χ4n) is 10.4. The second-order valence-corrected chi connectivity index (χ2v) is 25.7. The first kappa shape index (κ1) is 83.4. The zero-order valence-corrected chi connectivity index (χ0v) is 59.0. The van der Waals surface area contributed by atoms with Crippen LogP contribution in [0, 0.1) is 13.8 Å². The number of carboxylic acid groups (broad SMARTS) is 3. The van der Waals surface area contributed by atoms with Crippen molar-refractivity contribution in [3.8, 4) is 11.5 Å². The molecule has 6 rings (SSSR count). The molecule has 0 saturated carbocycles. The van der Waals surface area contributed by atoms with Gasteiger partial charge in [-0.2, -0.15) is 0 Å². The van der Waals surface area contributed by atoms with Crippen molar-refractivity contribution in [1.82, 2.24) is 55.4 Å². The summed E-state index contributed by atoms with van der Waals surface area (Å²) in [6.45, 7) is 12.2. The van der Waals surface area contributed by atoms with E-state index in [4.69, 9.17) is 29.8 Å². The number of anilines is 1. The number of aromatic nitrogens is 3. The van der Waals surface area contributed by atoms with Crippen LogP contribution >= 0.6 is 7.82 Å². The molecule has 1 unspecified atom stereocenters. The Kier molecular flexibility index (Phi) is 36.5. The third kappa shape index (κ3) is 32.1. The van der Waals surface area contributed by atoms with E-state index in [0.717, 1.165) is 5.56 Å². The van der Waals surface area contributed by atoms with Crippen LogP contribution in [-0.4, -0.2) is 266 Å². The highest BCUT2D eigenvalue weighted by Crippen LogP contribution is 2.37. The number of nitrogens with one attached hydrogen (secondary N) is 6. The average Bonchev–Trinajstić information content (AvgIpc) is 1.01. The fourth-order valence-corrected chi connectivity index (χ4v) is 11.5. The molecule has 3 heterocycles. The Morgan fingerprint density at radius 3 is 1.80 bits per heavy atom. The number of phosphoric acid groups is 1. The summed E-state index contributed by atoms with van der Waals surface area (Å²) in [6.07, 6.45) is 6.69. The number of pyridine rings is 1. The summed E-state index contributed by atoms with van der Waals surface area (Å²) >= 11 is -2.32. The predicted octanol–water partition coefficient (Wildman–Crippen LogP) is 0.388. The fraction of sp³-hybridized carbons (Fsp3) is 0.523. The Morgan fingerprint density at radius 2 is 1.27 bits per heavy atom. The minimum atomic E-state index is -4.80. The Morgan fingerprint density at radius 1 is 0.713 bits per heavy atom. The molecule has 1 saturated heterocycles. The van der Waals surface area contributed by atoms with Crippen molar-refractivity contribution in [1.29, 1.82) is 0 Å². The first-order chi connectivity index (χ1) is 48.2. The van der Waals surface area contributed by atoms with Gasteiger partial charge in [0.05, 0.1) is 58.2 Å². The van der Waals surface area contributed by atoms with E-state index in [1.807, 2.05) is 17.9 Å². The maximum absolute atomic E-state index is 13.7. The van der Waals surface area contributed by atoms with Gasteiger partial charge < -0.3 is 90.1 Å². The monoisotopic (exact) mass is 1460 g/mol. The topological polar surface area (TPSA) is 474 Å². The number of aryl methyl sites for hydroxylation is 3. The lowest BCUT2D eigenvalue weighted by atomic mass is 10.0. The minimum Gasteiger partial charge on any atom is -0.768 e. The van der Waals surface area contributed by atoms with E-state index in [1.165, 1.54) is 30.5 Å². The summed E-state index contributed by atoms with van der Waals surface area (Å²) in [5, 5.41) is 42.2. The van der Waals surface area contributed by atoms with Crippen molar-refractivity contribution >= 4 is 77.3 Å². The standard InChI is InChI=1S/C47H76N7O17PS.C18H20N6O4/c1-4-51-15-17-52(19-20-54(35-45(59)60)22-21-53(18-16-51)34-44(57)58)33-43(56)50-41(32-38-9-11-39(12-10-38)71-72(62,63)64)47(61)49-14-7-24-68-27-29-69-28-26-67-23-6-13-48-42(55)8-5-25-70-40-30-36(2)46(73(65)66)37(3)31-40;1-24-9-12(16(26)22-8-13(19)17(27)28)15(25)11-3-2-10(6-14(11)24)7-23-18-20-4-5-21-18/h9-12,30-31,41H,4-8,13-29,32-35H2,1-3H3,(H,48,55)(H,49,61)(H,50,56)(H,57,58)(H,59,60)(H,65,66)(H2,62,63,64);2-6,9,13H,7-8,19H2,1H3,(H,22,26)(H,27,28)(H2,20,21,23)/p-1/t41-;13-/m10/s1. The number of imidazole rings is 1. The van der Waals surface area contributed by atoms with Crippen LogP contribution in [0.15, 0.2) is 82.9 Å². The molecule has 558 valence electrons. The molecule has 101 heavy (non-hydrogen) atoms. The van der Waals surface area contributed by atoms with Crippen molar-refractivity contribution < 1.29 is 95.5 Å². The number of ether oxygens (including phenoxy) is 4. The number of aliphatic carboxylic acids is 3. The van der Waals surface area contributed by atoms with Crippen molar-refractivity contribution in [3.05, 3.63) is 111 Å². The molecule has 36 heteroatoms. The molecule has 2 aromatic heterocycles. The quantitative estimate of drug-likeness (QED) is 0.0143. The molecule has 0 bridgehead atoms. The summed E-state index contributed by atoms with van der Waals surface area (Å²) in [6, 6.07) is 12.1. The maximum Gasteiger partial charge on any atom is 0.524 e. The number of likely N-dealkylation sites (N-methyl/N-ethyl adjacent to an activating group) is 1. The van der Waals surface area contributed by atoms with Crippen LogP contribution in [0.1, 0.15) is 65.2 Å². The molecule has 0 radical (unpaired) electrons. The van der Waals surface area contributed by atoms with Gasteiger partial charge in [0.15, 0.2) is 5.95 Å². The highest BCUT2D eigenvalue weighted by atomic mass is 32.2. The number of nitrogens with zero attached hydrogens (tertiary/aromatic N) is 6. The van der Waals surface area contributed by atoms with Crippen LogP contribution in [0.4, 0.5) is 5.95 Å². The van der Waals surface area contributed by atoms with Crippen LogP contribution in [0.5, 0.6) is 11.5 Å². The molecule has 34 nitrogen and oxygen atoms in total. The predicted molar refractivity (Wildman–Crippen MR) is 370 cm³/mol. The van der Waals surface area contributed by atoms with Gasteiger partial charge >= 0.3 is 25.7 Å². The Balaban J connectivity index is 0.000000541. The summed E-state index contributed by atoms with van der Waals surface area (Å²) in [7, 11) is -3.07. The zero-order chi connectivity index (χ0) is 73.9. The second-order valence-electron chi connectivity index (χ2n) is 23.6. The van der Waals surface area contributed by atoms with Crippen molar-refractivity contribution in [2.75, 3.05) is 150 Å². The Hall–Kier alpha value is -8.29. The maximum atomic E-state index is 13.7. The van der Waals surface area contributed by atoms with Gasteiger partial charge in [0.1, 0.15) is 29.1 Å². The largest absolute Gasteiger partial charge is 0.768 e. The first-order valence-corrected chi connectivity index (χ1v) is 35.5. The van der Waals surface area contributed by atoms with Crippen molar-refractivity contribution in [3.63, 3.8) is 0 Å². The lowest BCUT2D eigenvalue weighted by Crippen LogP contribution is -2.52. The van der Waals surface area contributed by atoms with Gasteiger partial charge in [-0.15, -0.1) is 0 Å². The highest BCUT2D eigenvalue weighted by Gasteiger charge is 2.26. The number of carbonyl (C=O) groups is 7. The van der Waals surface area contributed by atoms with Crippen LogP contribution in [0.3, 0.4) is 0 Å². The van der Waals surface area contributed by atoms with Crippen LogP contribution < -0.4 is 47.0 Å². The molecule has 0 spiro atoms. The molecular formula is C65H95N13O21PS-. The number of carboxylic acids is 3. The van der Waals surface area contributed by atoms with E-state index in [-0.39, 0.29) is 67.7 Å². The van der Waals surface area contributed by atoms with Gasteiger partial charge in [0.25, 0.3) is 5.91 Å². The molecule has 1 fully saturated rings. The first-order valence-electron chi connectivity index (χ1n) is 32.9. The smallest absolute Gasteiger partial charge is 0.524 e. The van der Waals surface area contributed by atoms with Crippen LogP contribution in [0.2, 0.25) is 0 Å². The van der Waals surface area contributed by atoms with E-state index >= 15 is 0 Å². The normalized spacial score (nSPS) is 14.6. The van der Waals surface area contributed by atoms with Gasteiger partial charge in [-0.1, -0.05) is 25.1 Å². The van der Waals surface area contributed by atoms with Gasteiger partial charge in [-0.3, -0.25) is 67.1 Å². The van der Waals surface area contributed by atoms with Crippen LogP contribution in [0.25, 0.3) is 10.9 Å². The molecule has 3 aromatic carbocycles. The summed E-state index contributed by atoms with van der Waals surface area (Å²) in [5.74, 6) is -3.79. The molecule has 4 amide bonds. The number of phosphoric ester groups is 1. The number of fused-ring (bicyclic) bond motifs is 1. The third-order valence-corrected chi connectivity index (χ3v) is 17.1. The highest BCUT2D eigenvalue weighted by molar-refractivity contribution is 7.79. The number of carbonyl (C=O) groups excluding carboxylic acids is 4. The van der Waals surface area contributed by atoms with Crippen molar-refractivity contribution in [2.24, 2.45) is 12.8 Å². The lowest BCUT2D eigenvalue weighted by Gasteiger charge is -2.33. The molecule has 13 N–H and O–H groups in total. The molecule has 1 aliphatic rings. The molecular weight excluding hydrogens is 1360 g/mol. The number of hydrogen-bond donors (Lipinski definition) is 12. The third-order valence-electron chi connectivity index (χ3n) is 15.7. The van der Waals surface area contributed by atoms with E-state index < -0.39 is 72.0 Å². The number of aromatic amines is 1. The van der Waals surface area contributed by atoms with Gasteiger partial charge in [0, 0.05) is 141 Å². The molecule has 5 aromatic rings. The number of hydrogen-bond acceptors (Lipinski definition) is 23. The average molecular weight is 1460 g/mol. The van der Waals surface area contributed by atoms with E-state index in [0.29, 0.717) is 177 Å². The summed E-state index contributed by atoms with van der Waals surface area (Å²) < 4.78 is 62.9. The number of amides is 4. The Bertz CT molecular complexity index is 3580. The van der Waals surface area contributed by atoms with Gasteiger partial charge in [0.2, 0.25) is 23.2 Å². The summed E-state index contributed by atoms with van der Waals surface area (Å²) in [4.78, 5) is 132. The molecule has 3 atom stereocenters. The van der Waals surface area contributed by atoms with E-state index in [9.17, 15) is 71.7 Å². The molecule has 1 aliphatic heterocycles. The van der Waals surface area contributed by atoms with Gasteiger partial charge in [-0.05, 0) is 109 Å². The van der Waals surface area contributed by atoms with E-state index in [1.54, 1.807) is 71.9 Å². The van der Waals surface area contributed by atoms with Gasteiger partial charge in [-0.25, -0.2) is 9.55 Å². The molecule has 0 aliphatic carbocycles. The number of benzene rings is 3. The number of nitrogens with two attached hydrogens (primary N) is 1.